The van der Waals surface area contributed by atoms with Gasteiger partial charge in [-0.2, -0.15) is 0 Å². The largest absolute Gasteiger partial charge is 0.494 e. The van der Waals surface area contributed by atoms with Crippen LogP contribution in [-0.2, 0) is 14.8 Å². The molecular formula is C20H24N2O5S. The predicted octanol–water partition coefficient (Wildman–Crippen LogP) is 2.79. The van der Waals surface area contributed by atoms with Crippen LogP contribution in [0.25, 0.3) is 0 Å². The SMILES string of the molecule is CCOc1ccc(NC(=O)c2ccc(S(=O)(=O)NC[C@H]3CCCO3)cc2)cc1. The van der Waals surface area contributed by atoms with Crippen LogP contribution >= 0.6 is 0 Å². The molecule has 0 aliphatic carbocycles. The van der Waals surface area contributed by atoms with Gasteiger partial charge in [-0.25, -0.2) is 13.1 Å². The van der Waals surface area contributed by atoms with Crippen molar-refractivity contribution in [3.8, 4) is 5.75 Å². The molecule has 0 bridgehead atoms. The molecule has 0 radical (unpaired) electrons. The van der Waals surface area contributed by atoms with Crippen molar-refractivity contribution < 1.29 is 22.7 Å². The first-order valence-electron chi connectivity index (χ1n) is 9.23. The first-order valence-corrected chi connectivity index (χ1v) is 10.7. The fourth-order valence-corrected chi connectivity index (χ4v) is 3.95. The van der Waals surface area contributed by atoms with Gasteiger partial charge >= 0.3 is 0 Å². The molecule has 150 valence electrons. The Hall–Kier alpha value is -2.42. The molecule has 2 N–H and O–H groups in total. The van der Waals surface area contributed by atoms with Gasteiger partial charge in [-0.05, 0) is 68.3 Å². The summed E-state index contributed by atoms with van der Waals surface area (Å²) in [6.45, 7) is 3.40. The van der Waals surface area contributed by atoms with Crippen LogP contribution in [0.15, 0.2) is 53.4 Å². The number of sulfonamides is 1. The summed E-state index contributed by atoms with van der Waals surface area (Å²) in [5.74, 6) is 0.408. The molecular weight excluding hydrogens is 380 g/mol. The van der Waals surface area contributed by atoms with Crippen LogP contribution in [0.2, 0.25) is 0 Å². The molecule has 0 unspecified atom stereocenters. The first-order chi connectivity index (χ1) is 13.5. The zero-order valence-corrected chi connectivity index (χ0v) is 16.5. The van der Waals surface area contributed by atoms with Crippen molar-refractivity contribution >= 4 is 21.6 Å². The van der Waals surface area contributed by atoms with Crippen molar-refractivity contribution in [2.75, 3.05) is 25.1 Å². The van der Waals surface area contributed by atoms with Crippen molar-refractivity contribution in [1.82, 2.24) is 4.72 Å². The lowest BCUT2D eigenvalue weighted by molar-refractivity contribution is 0.102. The molecule has 2 aromatic carbocycles. The maximum absolute atomic E-state index is 12.4. The third-order valence-corrected chi connectivity index (χ3v) is 5.81. The van der Waals surface area contributed by atoms with Crippen LogP contribution in [0, 0.1) is 0 Å². The Balaban J connectivity index is 1.60. The van der Waals surface area contributed by atoms with Gasteiger partial charge in [0.1, 0.15) is 5.75 Å². The second-order valence-electron chi connectivity index (χ2n) is 6.42. The van der Waals surface area contributed by atoms with Crippen LogP contribution in [-0.4, -0.2) is 40.2 Å². The van der Waals surface area contributed by atoms with Gasteiger partial charge in [0.2, 0.25) is 10.0 Å². The molecule has 2 aromatic rings. The van der Waals surface area contributed by atoms with E-state index in [1.54, 1.807) is 24.3 Å². The summed E-state index contributed by atoms with van der Waals surface area (Å²) in [5, 5.41) is 2.77. The number of hydrogen-bond acceptors (Lipinski definition) is 5. The molecule has 1 atom stereocenters. The van der Waals surface area contributed by atoms with Crippen LogP contribution in [0.5, 0.6) is 5.75 Å². The molecule has 1 aliphatic rings. The topological polar surface area (TPSA) is 93.7 Å². The monoisotopic (exact) mass is 404 g/mol. The normalized spacial score (nSPS) is 16.7. The molecule has 7 nitrogen and oxygen atoms in total. The third kappa shape index (κ3) is 5.31. The smallest absolute Gasteiger partial charge is 0.255 e. The highest BCUT2D eigenvalue weighted by Gasteiger charge is 2.20. The molecule has 1 aliphatic heterocycles. The fourth-order valence-electron chi connectivity index (χ4n) is 2.88. The minimum atomic E-state index is -3.63. The average molecular weight is 404 g/mol. The molecule has 28 heavy (non-hydrogen) atoms. The van der Waals surface area contributed by atoms with E-state index < -0.39 is 10.0 Å². The van der Waals surface area contributed by atoms with Gasteiger partial charge < -0.3 is 14.8 Å². The van der Waals surface area contributed by atoms with Crippen molar-refractivity contribution in [2.24, 2.45) is 0 Å². The van der Waals surface area contributed by atoms with E-state index in [9.17, 15) is 13.2 Å². The molecule has 1 fully saturated rings. The maximum Gasteiger partial charge on any atom is 0.255 e. The Labute approximate surface area is 165 Å². The van der Waals surface area contributed by atoms with Gasteiger partial charge in [-0.1, -0.05) is 0 Å². The highest BCUT2D eigenvalue weighted by molar-refractivity contribution is 7.89. The van der Waals surface area contributed by atoms with E-state index >= 15 is 0 Å². The van der Waals surface area contributed by atoms with Gasteiger partial charge in [-0.15, -0.1) is 0 Å². The number of carbonyl (C=O) groups is 1. The Morgan fingerprint density at radius 3 is 2.46 bits per heavy atom. The van der Waals surface area contributed by atoms with E-state index in [0.717, 1.165) is 18.6 Å². The van der Waals surface area contributed by atoms with Gasteiger partial charge in [0, 0.05) is 24.4 Å². The lowest BCUT2D eigenvalue weighted by Crippen LogP contribution is -2.31. The average Bonchev–Trinajstić information content (AvgIpc) is 3.22. The van der Waals surface area contributed by atoms with Crippen LogP contribution in [0.3, 0.4) is 0 Å². The van der Waals surface area contributed by atoms with E-state index in [4.69, 9.17) is 9.47 Å². The van der Waals surface area contributed by atoms with Crippen molar-refractivity contribution in [1.29, 1.82) is 0 Å². The van der Waals surface area contributed by atoms with Crippen LogP contribution in [0.4, 0.5) is 5.69 Å². The Kier molecular flexibility index (Phi) is 6.66. The van der Waals surface area contributed by atoms with E-state index in [-0.39, 0.29) is 23.5 Å². The molecule has 0 saturated carbocycles. The molecule has 0 aromatic heterocycles. The first kappa shape index (κ1) is 20.3. The third-order valence-electron chi connectivity index (χ3n) is 4.38. The summed E-state index contributed by atoms with van der Waals surface area (Å²) >= 11 is 0. The van der Waals surface area contributed by atoms with E-state index in [2.05, 4.69) is 10.0 Å². The summed E-state index contributed by atoms with van der Waals surface area (Å²) in [4.78, 5) is 12.5. The number of nitrogens with one attached hydrogen (secondary N) is 2. The summed E-state index contributed by atoms with van der Waals surface area (Å²) in [7, 11) is -3.63. The van der Waals surface area contributed by atoms with Gasteiger partial charge in [-0.3, -0.25) is 4.79 Å². The molecule has 3 rings (SSSR count). The van der Waals surface area contributed by atoms with Crippen LogP contribution < -0.4 is 14.8 Å². The highest BCUT2D eigenvalue weighted by Crippen LogP contribution is 2.18. The molecule has 0 spiro atoms. The Morgan fingerprint density at radius 1 is 1.14 bits per heavy atom. The van der Waals surface area contributed by atoms with Crippen molar-refractivity contribution in [2.45, 2.75) is 30.8 Å². The van der Waals surface area contributed by atoms with E-state index in [1.165, 1.54) is 24.3 Å². The van der Waals surface area contributed by atoms with Crippen molar-refractivity contribution in [3.05, 3.63) is 54.1 Å². The van der Waals surface area contributed by atoms with E-state index in [0.29, 0.717) is 24.5 Å². The minimum absolute atomic E-state index is 0.0751. The molecule has 8 heteroatoms. The molecule has 1 amide bonds. The quantitative estimate of drug-likeness (QED) is 0.706. The summed E-state index contributed by atoms with van der Waals surface area (Å²) < 4.78 is 38.1. The Morgan fingerprint density at radius 2 is 1.86 bits per heavy atom. The number of ether oxygens (including phenoxy) is 2. The number of anilines is 1. The maximum atomic E-state index is 12.4. The number of hydrogen-bond donors (Lipinski definition) is 2. The Bertz CT molecular complexity index is 889. The highest BCUT2D eigenvalue weighted by atomic mass is 32.2. The zero-order valence-electron chi connectivity index (χ0n) is 15.7. The predicted molar refractivity (Wildman–Crippen MR) is 106 cm³/mol. The van der Waals surface area contributed by atoms with Gasteiger partial charge in [0.05, 0.1) is 17.6 Å². The summed E-state index contributed by atoms with van der Waals surface area (Å²) in [5.41, 5.74) is 0.996. The molecule has 1 saturated heterocycles. The number of amides is 1. The number of benzene rings is 2. The van der Waals surface area contributed by atoms with Gasteiger partial charge in [0.15, 0.2) is 0 Å². The van der Waals surface area contributed by atoms with Gasteiger partial charge in [0.25, 0.3) is 5.91 Å². The summed E-state index contributed by atoms with van der Waals surface area (Å²) in [6, 6.07) is 12.9. The lowest BCUT2D eigenvalue weighted by atomic mass is 10.2. The zero-order chi connectivity index (χ0) is 20.0. The number of carbonyl (C=O) groups excluding carboxylic acids is 1. The van der Waals surface area contributed by atoms with E-state index in [1.807, 2.05) is 6.92 Å². The minimum Gasteiger partial charge on any atom is -0.494 e. The number of rotatable bonds is 8. The fraction of sp³-hybridized carbons (Fsp3) is 0.350. The second kappa shape index (κ2) is 9.18. The van der Waals surface area contributed by atoms with Crippen LogP contribution in [0.1, 0.15) is 30.1 Å². The summed E-state index contributed by atoms with van der Waals surface area (Å²) in [6.07, 6.45) is 1.73. The van der Waals surface area contributed by atoms with Crippen molar-refractivity contribution in [3.63, 3.8) is 0 Å². The lowest BCUT2D eigenvalue weighted by Gasteiger charge is -2.12. The standard InChI is InChI=1S/C20H24N2O5S/c1-2-26-17-9-7-16(8-10-17)22-20(23)15-5-11-19(12-6-15)28(24,25)21-14-18-4-3-13-27-18/h5-12,18,21H,2-4,13-14H2,1H3,(H,22,23)/t18-/m1/s1. The second-order valence-corrected chi connectivity index (χ2v) is 8.19. The molecule has 1 heterocycles.